The van der Waals surface area contributed by atoms with Crippen molar-refractivity contribution in [3.8, 4) is 28.5 Å². The van der Waals surface area contributed by atoms with Gasteiger partial charge in [0.1, 0.15) is 23.7 Å². The Morgan fingerprint density at radius 2 is 1.89 bits per heavy atom. The van der Waals surface area contributed by atoms with E-state index in [4.69, 9.17) is 21.1 Å². The van der Waals surface area contributed by atoms with Crippen molar-refractivity contribution in [2.24, 2.45) is 0 Å². The number of carbonyl (C=O) groups is 1. The number of aromatic hydroxyl groups is 1. The largest absolute Gasteiger partial charge is 0.507 e. The lowest BCUT2D eigenvalue weighted by Crippen LogP contribution is -2.29. The predicted molar refractivity (Wildman–Crippen MR) is 147 cm³/mol. The number of H-pyrrole nitrogens is 1. The first-order valence-corrected chi connectivity index (χ1v) is 12.7. The maximum atomic E-state index is 13.8. The zero-order chi connectivity index (χ0) is 26.8. The number of nitrogens with one attached hydrogen (secondary N) is 1. The molecule has 1 amide bonds. The molecule has 1 aromatic heterocycles. The van der Waals surface area contributed by atoms with Gasteiger partial charge in [0.05, 0.1) is 12.6 Å². The van der Waals surface area contributed by atoms with Crippen LogP contribution >= 0.6 is 11.6 Å². The molecule has 0 saturated heterocycles. The van der Waals surface area contributed by atoms with Crippen molar-refractivity contribution < 1.29 is 19.4 Å². The monoisotopic (exact) mass is 529 g/mol. The van der Waals surface area contributed by atoms with Crippen molar-refractivity contribution in [3.05, 3.63) is 106 Å². The lowest BCUT2D eigenvalue weighted by Gasteiger charge is -2.27. The van der Waals surface area contributed by atoms with Crippen LogP contribution in [-0.4, -0.2) is 39.3 Å². The number of hydrogen-bond donors (Lipinski definition) is 2. The summed E-state index contributed by atoms with van der Waals surface area (Å²) in [5.74, 6) is 0.995. The molecule has 2 N–H and O–H groups in total. The minimum Gasteiger partial charge on any atom is -0.507 e. The van der Waals surface area contributed by atoms with E-state index in [2.05, 4.69) is 16.8 Å². The molecule has 38 heavy (non-hydrogen) atoms. The molecule has 0 aliphatic carbocycles. The number of phenolic OH excluding ortho intramolecular Hbond substituents is 1. The van der Waals surface area contributed by atoms with Gasteiger partial charge >= 0.3 is 0 Å². The summed E-state index contributed by atoms with van der Waals surface area (Å²) >= 11 is 6.27. The van der Waals surface area contributed by atoms with Crippen LogP contribution in [0.4, 0.5) is 0 Å². The smallest absolute Gasteiger partial charge is 0.273 e. The highest BCUT2D eigenvalue weighted by Gasteiger charge is 2.42. The molecular weight excluding hydrogens is 502 g/mol. The van der Waals surface area contributed by atoms with Crippen LogP contribution in [0.2, 0.25) is 5.02 Å². The quantitative estimate of drug-likeness (QED) is 0.243. The number of fused-ring (bicyclic) bond motifs is 1. The van der Waals surface area contributed by atoms with Crippen molar-refractivity contribution in [1.29, 1.82) is 0 Å². The first-order valence-electron chi connectivity index (χ1n) is 12.3. The topological polar surface area (TPSA) is 87.7 Å². The van der Waals surface area contributed by atoms with Gasteiger partial charge in [0, 0.05) is 22.7 Å². The summed E-state index contributed by atoms with van der Waals surface area (Å²) in [6, 6.07) is 18.0. The van der Waals surface area contributed by atoms with Crippen LogP contribution < -0.4 is 9.47 Å². The predicted octanol–water partition coefficient (Wildman–Crippen LogP) is 6.45. The molecule has 0 fully saturated rings. The van der Waals surface area contributed by atoms with Crippen LogP contribution in [0.3, 0.4) is 0 Å². The molecule has 7 nitrogen and oxygen atoms in total. The number of hydrogen-bond acceptors (Lipinski definition) is 5. The molecule has 1 unspecified atom stereocenters. The summed E-state index contributed by atoms with van der Waals surface area (Å²) in [4.78, 5) is 15.6. The van der Waals surface area contributed by atoms with Crippen molar-refractivity contribution in [2.75, 3.05) is 13.2 Å². The highest BCUT2D eigenvalue weighted by molar-refractivity contribution is 6.31. The Bertz CT molecular complexity index is 1500. The zero-order valence-corrected chi connectivity index (χ0v) is 22.0. The Labute approximate surface area is 226 Å². The fraction of sp³-hybridized carbons (Fsp3) is 0.200. The summed E-state index contributed by atoms with van der Waals surface area (Å²) in [6.45, 7) is 8.81. The summed E-state index contributed by atoms with van der Waals surface area (Å²) in [7, 11) is 0. The standard InChI is InChI=1S/C30H28ClN3O4/c1-4-14-38-24-13-10-20(15-25(24)37-5-2)29-26-27(22-16-21(31)11-12-23(22)35)32-33-28(26)30(36)34(29)17-19-8-6-18(3)7-9-19/h4,6-13,15-16,29,35H,1,5,14,17H2,2-3H3,(H,32,33). The SMILES string of the molecule is C=CCOc1ccc(C2c3c(-c4cc(Cl)ccc4O)n[nH]c3C(=O)N2Cc2ccc(C)cc2)cc1OCC. The van der Waals surface area contributed by atoms with E-state index < -0.39 is 6.04 Å². The maximum absolute atomic E-state index is 13.8. The normalized spacial score (nSPS) is 14.4. The van der Waals surface area contributed by atoms with Crippen LogP contribution in [0.15, 0.2) is 73.3 Å². The Morgan fingerprint density at radius 1 is 1.11 bits per heavy atom. The van der Waals surface area contributed by atoms with E-state index in [9.17, 15) is 9.90 Å². The van der Waals surface area contributed by atoms with E-state index >= 15 is 0 Å². The van der Waals surface area contributed by atoms with Crippen molar-refractivity contribution in [1.82, 2.24) is 15.1 Å². The third-order valence-corrected chi connectivity index (χ3v) is 6.73. The van der Waals surface area contributed by atoms with Gasteiger partial charge in [-0.25, -0.2) is 0 Å². The average Bonchev–Trinajstić information content (AvgIpc) is 3.45. The molecule has 2 heterocycles. The number of amides is 1. The number of ether oxygens (including phenoxy) is 2. The molecule has 1 atom stereocenters. The number of aromatic amines is 1. The summed E-state index contributed by atoms with van der Waals surface area (Å²) in [5.41, 5.74) is 4.92. The average molecular weight is 530 g/mol. The van der Waals surface area contributed by atoms with E-state index in [1.54, 1.807) is 23.1 Å². The highest BCUT2D eigenvalue weighted by atomic mass is 35.5. The van der Waals surface area contributed by atoms with E-state index in [1.807, 2.05) is 56.3 Å². The van der Waals surface area contributed by atoms with Crippen LogP contribution in [0.25, 0.3) is 11.3 Å². The van der Waals surface area contributed by atoms with E-state index in [0.717, 1.165) is 16.7 Å². The third-order valence-electron chi connectivity index (χ3n) is 6.49. The fourth-order valence-corrected chi connectivity index (χ4v) is 4.90. The number of phenols is 1. The van der Waals surface area contributed by atoms with Gasteiger partial charge in [0.25, 0.3) is 5.91 Å². The minimum absolute atomic E-state index is 0.0232. The molecule has 0 radical (unpaired) electrons. The van der Waals surface area contributed by atoms with Crippen LogP contribution in [0.1, 0.15) is 45.7 Å². The van der Waals surface area contributed by atoms with Crippen LogP contribution in [-0.2, 0) is 6.54 Å². The molecular formula is C30H28ClN3O4. The number of halogens is 1. The van der Waals surface area contributed by atoms with E-state index in [0.29, 0.717) is 58.8 Å². The lowest BCUT2D eigenvalue weighted by atomic mass is 9.95. The van der Waals surface area contributed by atoms with Gasteiger partial charge in [0.15, 0.2) is 11.5 Å². The summed E-state index contributed by atoms with van der Waals surface area (Å²) in [6.07, 6.45) is 1.67. The van der Waals surface area contributed by atoms with E-state index in [-0.39, 0.29) is 11.7 Å². The lowest BCUT2D eigenvalue weighted by molar-refractivity contribution is 0.0729. The molecule has 1 aliphatic rings. The van der Waals surface area contributed by atoms with Gasteiger partial charge in [-0.05, 0) is 55.3 Å². The second-order valence-corrected chi connectivity index (χ2v) is 9.52. The second-order valence-electron chi connectivity index (χ2n) is 9.08. The van der Waals surface area contributed by atoms with Crippen molar-refractivity contribution in [2.45, 2.75) is 26.4 Å². The van der Waals surface area contributed by atoms with Crippen LogP contribution in [0, 0.1) is 6.92 Å². The van der Waals surface area contributed by atoms with Gasteiger partial charge in [0.2, 0.25) is 0 Å². The molecule has 4 aromatic rings. The van der Waals surface area contributed by atoms with Crippen molar-refractivity contribution >= 4 is 17.5 Å². The minimum atomic E-state index is -0.501. The van der Waals surface area contributed by atoms with Gasteiger partial charge < -0.3 is 19.5 Å². The number of aromatic nitrogens is 2. The molecule has 3 aromatic carbocycles. The van der Waals surface area contributed by atoms with Gasteiger partial charge in [-0.3, -0.25) is 9.89 Å². The number of nitrogens with zero attached hydrogens (tertiary/aromatic N) is 2. The Hall–Kier alpha value is -4.23. The number of benzene rings is 3. The zero-order valence-electron chi connectivity index (χ0n) is 21.2. The number of rotatable bonds is 9. The maximum Gasteiger partial charge on any atom is 0.273 e. The molecule has 194 valence electrons. The molecule has 0 bridgehead atoms. The first-order chi connectivity index (χ1) is 18.4. The molecule has 0 saturated carbocycles. The van der Waals surface area contributed by atoms with Crippen LogP contribution in [0.5, 0.6) is 17.2 Å². The summed E-state index contributed by atoms with van der Waals surface area (Å²) in [5, 5.41) is 18.5. The molecule has 8 heteroatoms. The highest BCUT2D eigenvalue weighted by Crippen LogP contribution is 2.46. The Kier molecular flexibility index (Phi) is 7.11. The first kappa shape index (κ1) is 25.4. The van der Waals surface area contributed by atoms with Crippen molar-refractivity contribution in [3.63, 3.8) is 0 Å². The summed E-state index contributed by atoms with van der Waals surface area (Å²) < 4.78 is 11.7. The number of aryl methyl sites for hydroxylation is 1. The van der Waals surface area contributed by atoms with E-state index in [1.165, 1.54) is 6.07 Å². The van der Waals surface area contributed by atoms with Gasteiger partial charge in [-0.15, -0.1) is 0 Å². The van der Waals surface area contributed by atoms with Gasteiger partial charge in [-0.2, -0.15) is 5.10 Å². The molecule has 1 aliphatic heterocycles. The third kappa shape index (κ3) is 4.73. The second kappa shape index (κ2) is 10.6. The van der Waals surface area contributed by atoms with Gasteiger partial charge in [-0.1, -0.05) is 60.2 Å². The number of carbonyl (C=O) groups excluding carboxylic acids is 1. The Balaban J connectivity index is 1.66. The Morgan fingerprint density at radius 3 is 2.63 bits per heavy atom. The fourth-order valence-electron chi connectivity index (χ4n) is 4.73. The molecule has 0 spiro atoms. The molecule has 5 rings (SSSR count).